The molecule has 30 heavy (non-hydrogen) atoms. The summed E-state index contributed by atoms with van der Waals surface area (Å²) in [6, 6.07) is 15.1. The molecule has 1 aromatic heterocycles. The van der Waals surface area contributed by atoms with Crippen molar-refractivity contribution in [3.63, 3.8) is 0 Å². The van der Waals surface area contributed by atoms with Gasteiger partial charge in [-0.05, 0) is 56.2 Å². The molecular formula is C23H21N3O4. The molecule has 1 heterocycles. The first-order chi connectivity index (χ1) is 14.5. The van der Waals surface area contributed by atoms with Gasteiger partial charge in [0, 0.05) is 28.8 Å². The van der Waals surface area contributed by atoms with Gasteiger partial charge in [0.1, 0.15) is 11.5 Å². The van der Waals surface area contributed by atoms with E-state index in [1.54, 1.807) is 0 Å². The summed E-state index contributed by atoms with van der Waals surface area (Å²) in [6.07, 6.45) is 2.19. The Morgan fingerprint density at radius 3 is 2.47 bits per heavy atom. The second-order valence-corrected chi connectivity index (χ2v) is 7.07. The van der Waals surface area contributed by atoms with E-state index in [2.05, 4.69) is 15.8 Å². The molecule has 0 atom stereocenters. The largest absolute Gasteiger partial charge is 0.508 e. The van der Waals surface area contributed by atoms with E-state index in [-0.39, 0.29) is 23.3 Å². The number of hydrogen-bond donors (Lipinski definition) is 3. The fraction of sp³-hybridized carbons (Fsp3) is 0.174. The van der Waals surface area contributed by atoms with E-state index in [9.17, 15) is 14.7 Å². The highest BCUT2D eigenvalue weighted by molar-refractivity contribution is 6.09. The van der Waals surface area contributed by atoms with Crippen LogP contribution in [0.1, 0.15) is 50.6 Å². The van der Waals surface area contributed by atoms with Crippen molar-refractivity contribution < 1.29 is 19.1 Å². The van der Waals surface area contributed by atoms with E-state index in [4.69, 9.17) is 4.42 Å². The third-order valence-electron chi connectivity index (χ3n) is 4.99. The molecule has 0 fully saturated rings. The van der Waals surface area contributed by atoms with Gasteiger partial charge < -0.3 is 14.8 Å². The maximum absolute atomic E-state index is 12.7. The van der Waals surface area contributed by atoms with Crippen LogP contribution in [0, 0.1) is 6.92 Å². The molecule has 4 rings (SSSR count). The van der Waals surface area contributed by atoms with E-state index in [0.717, 1.165) is 12.0 Å². The van der Waals surface area contributed by atoms with Crippen molar-refractivity contribution in [1.82, 2.24) is 5.43 Å². The van der Waals surface area contributed by atoms with Gasteiger partial charge in [-0.15, -0.1) is 0 Å². The number of para-hydroxylation sites is 1. The van der Waals surface area contributed by atoms with Crippen LogP contribution in [-0.2, 0) is 6.42 Å². The Kier molecular flexibility index (Phi) is 5.34. The Hall–Kier alpha value is -3.87. The summed E-state index contributed by atoms with van der Waals surface area (Å²) in [4.78, 5) is 25.0. The molecule has 2 amide bonds. The number of nitrogens with one attached hydrogen (secondary N) is 2. The summed E-state index contributed by atoms with van der Waals surface area (Å²) >= 11 is 0. The van der Waals surface area contributed by atoms with Crippen molar-refractivity contribution in [2.45, 2.75) is 26.2 Å². The van der Waals surface area contributed by atoms with E-state index in [1.165, 1.54) is 24.3 Å². The number of phenols is 1. The Balaban J connectivity index is 1.56. The van der Waals surface area contributed by atoms with Crippen molar-refractivity contribution >= 4 is 23.2 Å². The van der Waals surface area contributed by atoms with Crippen molar-refractivity contribution in [2.75, 3.05) is 5.32 Å². The third-order valence-corrected chi connectivity index (χ3v) is 4.99. The molecule has 0 unspecified atom stereocenters. The van der Waals surface area contributed by atoms with Gasteiger partial charge in [-0.2, -0.15) is 5.10 Å². The molecule has 0 spiro atoms. The number of nitrogens with zero attached hydrogens (tertiary/aromatic N) is 1. The lowest BCUT2D eigenvalue weighted by Gasteiger charge is -2.13. The summed E-state index contributed by atoms with van der Waals surface area (Å²) in [5, 5.41) is 16.5. The minimum absolute atomic E-state index is 0.0881. The molecule has 7 nitrogen and oxygen atoms in total. The van der Waals surface area contributed by atoms with Crippen molar-refractivity contribution in [3.8, 4) is 5.75 Å². The first-order valence-corrected chi connectivity index (χ1v) is 9.68. The van der Waals surface area contributed by atoms with Crippen LogP contribution < -0.4 is 10.7 Å². The van der Waals surface area contributed by atoms with Gasteiger partial charge in [0.05, 0.1) is 5.71 Å². The number of furan rings is 1. The summed E-state index contributed by atoms with van der Waals surface area (Å²) in [5.41, 5.74) is 5.81. The zero-order valence-corrected chi connectivity index (χ0v) is 16.4. The molecule has 2 aromatic carbocycles. The maximum Gasteiger partial charge on any atom is 0.291 e. The quantitative estimate of drug-likeness (QED) is 0.573. The lowest BCUT2D eigenvalue weighted by atomic mass is 9.93. The number of carbonyl (C=O) groups is 2. The molecule has 0 saturated heterocycles. The van der Waals surface area contributed by atoms with Gasteiger partial charge in [-0.1, -0.05) is 18.2 Å². The van der Waals surface area contributed by atoms with Crippen LogP contribution in [0.15, 0.2) is 64.1 Å². The average molecular weight is 403 g/mol. The minimum atomic E-state index is -0.377. The average Bonchev–Trinajstić information content (AvgIpc) is 3.10. The van der Waals surface area contributed by atoms with Crippen LogP contribution in [0.25, 0.3) is 0 Å². The zero-order chi connectivity index (χ0) is 21.1. The van der Waals surface area contributed by atoms with Gasteiger partial charge in [0.2, 0.25) is 0 Å². The van der Waals surface area contributed by atoms with Crippen LogP contribution in [0.4, 0.5) is 5.69 Å². The number of amides is 2. The highest BCUT2D eigenvalue weighted by Crippen LogP contribution is 2.30. The number of aromatic hydroxyl groups is 1. The number of aryl methyl sites for hydroxylation is 1. The molecule has 1 aliphatic rings. The Bertz CT molecular complexity index is 1120. The summed E-state index contributed by atoms with van der Waals surface area (Å²) in [7, 11) is 0. The molecule has 7 heteroatoms. The van der Waals surface area contributed by atoms with Crippen molar-refractivity contribution in [3.05, 3.63) is 82.8 Å². The highest BCUT2D eigenvalue weighted by Gasteiger charge is 2.28. The number of phenolic OH excluding ortho intramolecular Hbond substituents is 1. The number of rotatable bonds is 4. The van der Waals surface area contributed by atoms with Gasteiger partial charge in [-0.3, -0.25) is 9.59 Å². The smallest absolute Gasteiger partial charge is 0.291 e. The van der Waals surface area contributed by atoms with E-state index in [0.29, 0.717) is 41.1 Å². The standard InChI is InChI=1S/C23H21N3O4/c1-14-20-18(25-26-22(28)15-10-12-17(27)13-11-15)8-5-9-19(20)30-21(14)23(29)24-16-6-3-2-4-7-16/h2-4,6-7,10-13,27H,5,8-9H2,1H3,(H,24,29)(H,26,28)/b25-18+. The molecule has 0 aliphatic heterocycles. The number of fused-ring (bicyclic) bond motifs is 1. The second-order valence-electron chi connectivity index (χ2n) is 7.07. The normalized spacial score (nSPS) is 14.2. The second kappa shape index (κ2) is 8.24. The van der Waals surface area contributed by atoms with Crippen LogP contribution >= 0.6 is 0 Å². The number of hydrazone groups is 1. The van der Waals surface area contributed by atoms with E-state index < -0.39 is 0 Å². The highest BCUT2D eigenvalue weighted by atomic mass is 16.4. The predicted octanol–water partition coefficient (Wildman–Crippen LogP) is 4.02. The topological polar surface area (TPSA) is 104 Å². The molecular weight excluding hydrogens is 382 g/mol. The molecule has 3 N–H and O–H groups in total. The Morgan fingerprint density at radius 2 is 1.73 bits per heavy atom. The Morgan fingerprint density at radius 1 is 1.00 bits per heavy atom. The molecule has 0 radical (unpaired) electrons. The fourth-order valence-electron chi connectivity index (χ4n) is 3.50. The van der Waals surface area contributed by atoms with Crippen LogP contribution in [0.2, 0.25) is 0 Å². The fourth-order valence-corrected chi connectivity index (χ4v) is 3.50. The van der Waals surface area contributed by atoms with Crippen LogP contribution in [-0.4, -0.2) is 22.6 Å². The molecule has 152 valence electrons. The van der Waals surface area contributed by atoms with E-state index in [1.807, 2.05) is 37.3 Å². The molecule has 3 aromatic rings. The van der Waals surface area contributed by atoms with Gasteiger partial charge >= 0.3 is 0 Å². The lowest BCUT2D eigenvalue weighted by molar-refractivity contribution is 0.0953. The molecule has 0 bridgehead atoms. The number of anilines is 1. The number of carbonyl (C=O) groups excluding carboxylic acids is 2. The zero-order valence-electron chi connectivity index (χ0n) is 16.4. The van der Waals surface area contributed by atoms with Gasteiger partial charge in [0.25, 0.3) is 11.8 Å². The minimum Gasteiger partial charge on any atom is -0.508 e. The lowest BCUT2D eigenvalue weighted by Crippen LogP contribution is -2.22. The first-order valence-electron chi connectivity index (χ1n) is 9.68. The SMILES string of the molecule is Cc1c(C(=O)Nc2ccccc2)oc2c1/C(=N/NC(=O)c1ccc(O)cc1)CCC2. The van der Waals surface area contributed by atoms with Crippen LogP contribution in [0.5, 0.6) is 5.75 Å². The van der Waals surface area contributed by atoms with Crippen LogP contribution in [0.3, 0.4) is 0 Å². The number of benzene rings is 2. The Labute approximate surface area is 173 Å². The summed E-state index contributed by atoms with van der Waals surface area (Å²) in [6.45, 7) is 1.82. The molecule has 1 aliphatic carbocycles. The van der Waals surface area contributed by atoms with Crippen molar-refractivity contribution in [2.24, 2.45) is 5.10 Å². The predicted molar refractivity (Wildman–Crippen MR) is 113 cm³/mol. The van der Waals surface area contributed by atoms with Gasteiger partial charge in [-0.25, -0.2) is 5.43 Å². The monoisotopic (exact) mass is 403 g/mol. The van der Waals surface area contributed by atoms with Crippen molar-refractivity contribution in [1.29, 1.82) is 0 Å². The molecule has 0 saturated carbocycles. The van der Waals surface area contributed by atoms with Gasteiger partial charge in [0.15, 0.2) is 5.76 Å². The summed E-state index contributed by atoms with van der Waals surface area (Å²) in [5.74, 6) is 0.349. The third kappa shape index (κ3) is 3.96. The first kappa shape index (κ1) is 19.4. The number of hydrogen-bond acceptors (Lipinski definition) is 5. The summed E-state index contributed by atoms with van der Waals surface area (Å²) < 4.78 is 5.87. The maximum atomic E-state index is 12.7. The van der Waals surface area contributed by atoms with E-state index >= 15 is 0 Å².